The van der Waals surface area contributed by atoms with Crippen molar-refractivity contribution in [2.45, 2.75) is 25.7 Å². The summed E-state index contributed by atoms with van der Waals surface area (Å²) in [7, 11) is 0. The number of benzene rings is 1. The molecule has 0 aromatic heterocycles. The third-order valence-corrected chi connectivity index (χ3v) is 2.82. The van der Waals surface area contributed by atoms with Crippen molar-refractivity contribution in [2.24, 2.45) is 0 Å². The van der Waals surface area contributed by atoms with Gasteiger partial charge >= 0.3 is 0 Å². The molecule has 0 atom stereocenters. The van der Waals surface area contributed by atoms with Gasteiger partial charge in [0.15, 0.2) is 6.61 Å². The van der Waals surface area contributed by atoms with Crippen LogP contribution in [0.2, 0.25) is 0 Å². The first-order valence-electron chi connectivity index (χ1n) is 6.88. The maximum absolute atomic E-state index is 11.5. The highest BCUT2D eigenvalue weighted by molar-refractivity contribution is 5.77. The summed E-state index contributed by atoms with van der Waals surface area (Å²) in [6, 6.07) is 5.57. The van der Waals surface area contributed by atoms with Crippen molar-refractivity contribution in [3.05, 3.63) is 34.4 Å². The van der Waals surface area contributed by atoms with Crippen LogP contribution < -0.4 is 10.1 Å². The number of amides is 1. The quantitative estimate of drug-likeness (QED) is 0.388. The van der Waals surface area contributed by atoms with Crippen LogP contribution in [0.5, 0.6) is 5.75 Å². The molecule has 0 bridgehead atoms. The third kappa shape index (κ3) is 7.26. The number of carbonyl (C=O) groups excluding carboxylic acids is 1. The molecule has 0 saturated heterocycles. The zero-order valence-electron chi connectivity index (χ0n) is 11.8. The van der Waals surface area contributed by atoms with E-state index in [1.54, 1.807) is 0 Å². The molecule has 0 heterocycles. The van der Waals surface area contributed by atoms with Crippen molar-refractivity contribution in [3.63, 3.8) is 0 Å². The van der Waals surface area contributed by atoms with Gasteiger partial charge < -0.3 is 15.2 Å². The van der Waals surface area contributed by atoms with Gasteiger partial charge in [0.2, 0.25) is 0 Å². The molecule has 0 fully saturated rings. The lowest BCUT2D eigenvalue weighted by atomic mass is 10.2. The molecular formula is C14H20N2O5. The van der Waals surface area contributed by atoms with Crippen LogP contribution in [0.25, 0.3) is 0 Å². The Morgan fingerprint density at radius 3 is 2.48 bits per heavy atom. The van der Waals surface area contributed by atoms with Crippen LogP contribution >= 0.6 is 0 Å². The summed E-state index contributed by atoms with van der Waals surface area (Å²) >= 11 is 0. The van der Waals surface area contributed by atoms with Crippen LogP contribution in [0.1, 0.15) is 25.7 Å². The van der Waals surface area contributed by atoms with Gasteiger partial charge in [-0.15, -0.1) is 0 Å². The molecule has 1 aromatic rings. The van der Waals surface area contributed by atoms with Gasteiger partial charge in [-0.2, -0.15) is 0 Å². The van der Waals surface area contributed by atoms with Crippen molar-refractivity contribution in [2.75, 3.05) is 19.8 Å². The van der Waals surface area contributed by atoms with Crippen molar-refractivity contribution in [1.29, 1.82) is 0 Å². The molecule has 116 valence electrons. The maximum atomic E-state index is 11.5. The molecule has 1 aromatic carbocycles. The van der Waals surface area contributed by atoms with Gasteiger partial charge in [-0.3, -0.25) is 14.9 Å². The van der Waals surface area contributed by atoms with E-state index in [1.165, 1.54) is 24.3 Å². The molecule has 0 saturated carbocycles. The van der Waals surface area contributed by atoms with Gasteiger partial charge in [0.25, 0.3) is 11.6 Å². The number of aliphatic hydroxyl groups is 1. The Morgan fingerprint density at radius 1 is 1.19 bits per heavy atom. The van der Waals surface area contributed by atoms with Gasteiger partial charge in [0.1, 0.15) is 5.75 Å². The average Bonchev–Trinajstić information content (AvgIpc) is 2.49. The van der Waals surface area contributed by atoms with E-state index in [4.69, 9.17) is 9.84 Å². The van der Waals surface area contributed by atoms with Crippen LogP contribution in [-0.2, 0) is 4.79 Å². The number of unbranched alkanes of at least 4 members (excludes halogenated alkanes) is 3. The van der Waals surface area contributed by atoms with Crippen LogP contribution in [0.4, 0.5) is 5.69 Å². The second-order valence-electron chi connectivity index (χ2n) is 4.53. The summed E-state index contributed by atoms with van der Waals surface area (Å²) in [4.78, 5) is 21.5. The minimum absolute atomic E-state index is 0.0188. The number of non-ortho nitro benzene ring substituents is 1. The fourth-order valence-corrected chi connectivity index (χ4v) is 1.68. The number of rotatable bonds is 10. The molecule has 1 amide bonds. The Kier molecular flexibility index (Phi) is 7.81. The van der Waals surface area contributed by atoms with E-state index in [1.807, 2.05) is 0 Å². The summed E-state index contributed by atoms with van der Waals surface area (Å²) in [6.07, 6.45) is 3.57. The van der Waals surface area contributed by atoms with E-state index in [0.29, 0.717) is 12.3 Å². The number of nitrogens with one attached hydrogen (secondary N) is 1. The largest absolute Gasteiger partial charge is 0.484 e. The normalized spacial score (nSPS) is 10.1. The summed E-state index contributed by atoms with van der Waals surface area (Å²) < 4.78 is 5.23. The summed E-state index contributed by atoms with van der Waals surface area (Å²) in [6.45, 7) is 0.664. The lowest BCUT2D eigenvalue weighted by molar-refractivity contribution is -0.384. The molecule has 0 aliphatic heterocycles. The monoisotopic (exact) mass is 296 g/mol. The number of nitro benzene ring substituents is 1. The van der Waals surface area contributed by atoms with Crippen molar-refractivity contribution >= 4 is 11.6 Å². The first-order chi connectivity index (χ1) is 10.1. The van der Waals surface area contributed by atoms with Gasteiger partial charge in [-0.05, 0) is 25.0 Å². The minimum atomic E-state index is -0.493. The van der Waals surface area contributed by atoms with E-state index in [9.17, 15) is 14.9 Å². The molecule has 1 rings (SSSR count). The highest BCUT2D eigenvalue weighted by atomic mass is 16.6. The Bertz CT molecular complexity index is 447. The summed E-state index contributed by atoms with van der Waals surface area (Å²) in [5.41, 5.74) is -0.0188. The first kappa shape index (κ1) is 16.9. The van der Waals surface area contributed by atoms with Gasteiger partial charge in [-0.25, -0.2) is 0 Å². The van der Waals surface area contributed by atoms with E-state index in [0.717, 1.165) is 25.7 Å². The van der Waals surface area contributed by atoms with E-state index >= 15 is 0 Å². The third-order valence-electron chi connectivity index (χ3n) is 2.82. The molecule has 2 N–H and O–H groups in total. The molecule has 0 aliphatic rings. The number of nitro groups is 1. The molecule has 7 heteroatoms. The topological polar surface area (TPSA) is 102 Å². The second-order valence-corrected chi connectivity index (χ2v) is 4.53. The van der Waals surface area contributed by atoms with Crippen LogP contribution in [-0.4, -0.2) is 35.7 Å². The van der Waals surface area contributed by atoms with Crippen LogP contribution in [0.15, 0.2) is 24.3 Å². The molecular weight excluding hydrogens is 276 g/mol. The summed E-state index contributed by atoms with van der Waals surface area (Å²) in [5.74, 6) is 0.189. The number of aliphatic hydroxyl groups excluding tert-OH is 1. The predicted molar refractivity (Wildman–Crippen MR) is 77.2 cm³/mol. The Labute approximate surface area is 123 Å². The number of hydrogen-bond donors (Lipinski definition) is 2. The van der Waals surface area contributed by atoms with Crippen molar-refractivity contribution in [3.8, 4) is 5.75 Å². The zero-order valence-corrected chi connectivity index (χ0v) is 11.8. The summed E-state index contributed by atoms with van der Waals surface area (Å²) in [5, 5.41) is 21.8. The molecule has 0 spiro atoms. The predicted octanol–water partition coefficient (Wildman–Crippen LogP) is 1.64. The van der Waals surface area contributed by atoms with E-state index in [2.05, 4.69) is 5.32 Å². The number of carbonyl (C=O) groups is 1. The van der Waals surface area contributed by atoms with Gasteiger partial charge in [0, 0.05) is 25.3 Å². The Balaban J connectivity index is 2.16. The first-order valence-corrected chi connectivity index (χ1v) is 6.88. The smallest absolute Gasteiger partial charge is 0.269 e. The zero-order chi connectivity index (χ0) is 15.5. The molecule has 21 heavy (non-hydrogen) atoms. The molecule has 0 aliphatic carbocycles. The Morgan fingerprint density at radius 2 is 1.86 bits per heavy atom. The second kappa shape index (κ2) is 9.71. The van der Waals surface area contributed by atoms with Crippen LogP contribution in [0.3, 0.4) is 0 Å². The average molecular weight is 296 g/mol. The lowest BCUT2D eigenvalue weighted by Gasteiger charge is -2.07. The molecule has 0 unspecified atom stereocenters. The van der Waals surface area contributed by atoms with Gasteiger partial charge in [-0.1, -0.05) is 12.8 Å². The van der Waals surface area contributed by atoms with Gasteiger partial charge in [0.05, 0.1) is 4.92 Å². The minimum Gasteiger partial charge on any atom is -0.484 e. The number of ether oxygens (including phenoxy) is 1. The highest BCUT2D eigenvalue weighted by Gasteiger charge is 2.06. The highest BCUT2D eigenvalue weighted by Crippen LogP contribution is 2.16. The number of hydrogen-bond acceptors (Lipinski definition) is 5. The number of nitrogens with zero attached hydrogens (tertiary/aromatic N) is 1. The standard InChI is InChI=1S/C14H20N2O5/c17-10-4-2-1-3-9-15-14(18)11-21-13-7-5-12(6-8-13)16(19)20/h5-8,17H,1-4,9-11H2,(H,15,18). The van der Waals surface area contributed by atoms with Crippen LogP contribution in [0, 0.1) is 10.1 Å². The SMILES string of the molecule is O=C(COc1ccc([N+](=O)[O-])cc1)NCCCCCCO. The fraction of sp³-hybridized carbons (Fsp3) is 0.500. The fourth-order valence-electron chi connectivity index (χ4n) is 1.68. The lowest BCUT2D eigenvalue weighted by Crippen LogP contribution is -2.29. The Hall–Kier alpha value is -2.15. The van der Waals surface area contributed by atoms with Crippen molar-refractivity contribution < 1.29 is 19.6 Å². The maximum Gasteiger partial charge on any atom is 0.269 e. The molecule has 7 nitrogen and oxygen atoms in total. The van der Waals surface area contributed by atoms with E-state index < -0.39 is 4.92 Å². The van der Waals surface area contributed by atoms with E-state index in [-0.39, 0.29) is 24.8 Å². The molecule has 0 radical (unpaired) electrons. The van der Waals surface area contributed by atoms with Crippen molar-refractivity contribution in [1.82, 2.24) is 5.32 Å².